The van der Waals surface area contributed by atoms with E-state index in [2.05, 4.69) is 4.72 Å². The number of carbonyl (C=O) groups is 2. The molecule has 1 saturated carbocycles. The van der Waals surface area contributed by atoms with E-state index in [-0.39, 0.29) is 34.2 Å². The molecule has 1 aromatic carbocycles. The van der Waals surface area contributed by atoms with E-state index in [0.717, 1.165) is 24.2 Å². The third-order valence-corrected chi connectivity index (χ3v) is 8.98. The van der Waals surface area contributed by atoms with Gasteiger partial charge in [0.15, 0.2) is 0 Å². The summed E-state index contributed by atoms with van der Waals surface area (Å²) in [6.07, 6.45) is 2.12. The molecule has 10 heteroatoms. The molecule has 0 saturated heterocycles. The number of ether oxygens (including phenoxy) is 1. The van der Waals surface area contributed by atoms with Gasteiger partial charge in [-0.2, -0.15) is 0 Å². The van der Waals surface area contributed by atoms with Gasteiger partial charge in [-0.1, -0.05) is 19.1 Å². The number of nitrogens with zero attached hydrogens (tertiary/aromatic N) is 1. The van der Waals surface area contributed by atoms with Crippen molar-refractivity contribution < 1.29 is 27.1 Å². The summed E-state index contributed by atoms with van der Waals surface area (Å²) >= 11 is 0.997. The maximum atomic E-state index is 13.1. The molecule has 0 spiro atoms. The predicted octanol–water partition coefficient (Wildman–Crippen LogP) is 2.84. The summed E-state index contributed by atoms with van der Waals surface area (Å²) < 4.78 is 46.4. The Labute approximate surface area is 184 Å². The summed E-state index contributed by atoms with van der Waals surface area (Å²) in [7, 11) is -2.82. The van der Waals surface area contributed by atoms with Crippen LogP contribution in [0.2, 0.25) is 0 Å². The first-order chi connectivity index (χ1) is 14.6. The number of amides is 1. The van der Waals surface area contributed by atoms with Crippen molar-refractivity contribution in [1.29, 1.82) is 0 Å². The first-order valence-corrected chi connectivity index (χ1v) is 12.2. The highest BCUT2D eigenvalue weighted by molar-refractivity contribution is 7.91. The van der Waals surface area contributed by atoms with E-state index in [0.29, 0.717) is 29.0 Å². The summed E-state index contributed by atoms with van der Waals surface area (Å²) in [5.41, 5.74) is 0.939. The van der Waals surface area contributed by atoms with Crippen molar-refractivity contribution in [2.45, 2.75) is 43.5 Å². The van der Waals surface area contributed by atoms with Crippen LogP contribution in [0.5, 0.6) is 0 Å². The van der Waals surface area contributed by atoms with Crippen LogP contribution in [0.15, 0.2) is 28.5 Å². The van der Waals surface area contributed by atoms with Gasteiger partial charge < -0.3 is 9.64 Å². The normalized spacial score (nSPS) is 17.2. The van der Waals surface area contributed by atoms with Gasteiger partial charge in [-0.3, -0.25) is 4.79 Å². The number of halogens is 1. The third-order valence-electron chi connectivity index (χ3n) is 5.84. The highest BCUT2D eigenvalue weighted by atomic mass is 32.2. The summed E-state index contributed by atoms with van der Waals surface area (Å²) in [6.45, 7) is 2.61. The fourth-order valence-electron chi connectivity index (χ4n) is 3.68. The Morgan fingerprint density at radius 3 is 2.55 bits per heavy atom. The molecule has 4 rings (SSSR count). The number of hydrogen-bond acceptors (Lipinski definition) is 6. The quantitative estimate of drug-likeness (QED) is 0.661. The van der Waals surface area contributed by atoms with Crippen molar-refractivity contribution in [3.8, 4) is 0 Å². The minimum Gasteiger partial charge on any atom is -0.465 e. The van der Waals surface area contributed by atoms with Gasteiger partial charge in [-0.25, -0.2) is 22.3 Å². The van der Waals surface area contributed by atoms with Crippen molar-refractivity contribution in [2.75, 3.05) is 13.7 Å². The minimum absolute atomic E-state index is 0.0406. The highest BCUT2D eigenvalue weighted by Crippen LogP contribution is 2.47. The van der Waals surface area contributed by atoms with Gasteiger partial charge in [-0.15, -0.1) is 11.3 Å². The van der Waals surface area contributed by atoms with Crippen molar-refractivity contribution >= 4 is 33.2 Å². The van der Waals surface area contributed by atoms with Crippen LogP contribution in [0.4, 0.5) is 4.39 Å². The molecule has 2 aromatic rings. The van der Waals surface area contributed by atoms with Gasteiger partial charge >= 0.3 is 5.97 Å². The largest absolute Gasteiger partial charge is 0.465 e. The lowest BCUT2D eigenvalue weighted by Crippen LogP contribution is -2.39. The summed E-state index contributed by atoms with van der Waals surface area (Å²) in [6, 6.07) is 5.47. The van der Waals surface area contributed by atoms with E-state index < -0.39 is 21.8 Å². The van der Waals surface area contributed by atoms with Crippen LogP contribution in [0.1, 0.15) is 46.1 Å². The molecule has 166 valence electrons. The van der Waals surface area contributed by atoms with Crippen LogP contribution in [0, 0.1) is 11.2 Å². The molecule has 31 heavy (non-hydrogen) atoms. The van der Waals surface area contributed by atoms with Crippen LogP contribution in [-0.2, 0) is 39.1 Å². The molecule has 0 bridgehead atoms. The Kier molecular flexibility index (Phi) is 5.65. The molecule has 0 atom stereocenters. The van der Waals surface area contributed by atoms with E-state index in [1.807, 2.05) is 6.92 Å². The van der Waals surface area contributed by atoms with Crippen LogP contribution < -0.4 is 4.72 Å². The van der Waals surface area contributed by atoms with Crippen molar-refractivity contribution in [1.82, 2.24) is 9.62 Å². The molecule has 0 unspecified atom stereocenters. The van der Waals surface area contributed by atoms with Crippen molar-refractivity contribution in [3.05, 3.63) is 51.7 Å². The van der Waals surface area contributed by atoms with E-state index in [4.69, 9.17) is 4.74 Å². The number of thiophene rings is 1. The average molecular weight is 467 g/mol. The Bertz CT molecular complexity index is 1140. The monoisotopic (exact) mass is 466 g/mol. The Hall–Kier alpha value is -2.30. The second-order valence-electron chi connectivity index (χ2n) is 8.15. The predicted molar refractivity (Wildman–Crippen MR) is 113 cm³/mol. The molecule has 1 N–H and O–H groups in total. The highest BCUT2D eigenvalue weighted by Gasteiger charge is 2.48. The lowest BCUT2D eigenvalue weighted by atomic mass is 10.0. The van der Waals surface area contributed by atoms with E-state index in [1.165, 1.54) is 31.4 Å². The van der Waals surface area contributed by atoms with Gasteiger partial charge in [0.1, 0.15) is 10.0 Å². The number of nitrogens with one attached hydrogen (secondary N) is 1. The molecule has 7 nitrogen and oxygen atoms in total. The van der Waals surface area contributed by atoms with Crippen LogP contribution in [-0.4, -0.2) is 38.8 Å². The van der Waals surface area contributed by atoms with Crippen molar-refractivity contribution in [3.63, 3.8) is 0 Å². The lowest BCUT2D eigenvalue weighted by molar-refractivity contribution is -0.137. The molecule has 1 amide bonds. The van der Waals surface area contributed by atoms with Gasteiger partial charge in [-0.05, 0) is 42.5 Å². The second-order valence-corrected chi connectivity index (χ2v) is 11.2. The van der Waals surface area contributed by atoms with E-state index >= 15 is 0 Å². The first kappa shape index (κ1) is 21.9. The molecular formula is C21H23FN2O5S2. The molecular weight excluding hydrogens is 443 g/mol. The number of benzene rings is 1. The van der Waals surface area contributed by atoms with Crippen LogP contribution in [0.3, 0.4) is 0 Å². The fourth-order valence-corrected chi connectivity index (χ4v) is 6.64. The Morgan fingerprint density at radius 2 is 1.94 bits per heavy atom. The van der Waals surface area contributed by atoms with Gasteiger partial charge in [0, 0.05) is 23.4 Å². The second kappa shape index (κ2) is 7.99. The third kappa shape index (κ3) is 4.24. The average Bonchev–Trinajstić information content (AvgIpc) is 3.38. The molecule has 2 heterocycles. The topological polar surface area (TPSA) is 92.8 Å². The maximum Gasteiger partial charge on any atom is 0.340 e. The molecule has 2 aliphatic rings. The molecule has 0 radical (unpaired) electrons. The number of hydrogen-bond donors (Lipinski definition) is 1. The Balaban J connectivity index is 1.62. The smallest absolute Gasteiger partial charge is 0.340 e. The maximum absolute atomic E-state index is 13.1. The summed E-state index contributed by atoms with van der Waals surface area (Å²) in [4.78, 5) is 27.6. The first-order valence-electron chi connectivity index (χ1n) is 9.91. The molecule has 1 fully saturated rings. The number of esters is 1. The summed E-state index contributed by atoms with van der Waals surface area (Å²) in [5, 5.41) is 0. The Morgan fingerprint density at radius 1 is 1.26 bits per heavy atom. The number of carbonyl (C=O) groups excluding carboxylic acids is 2. The number of rotatable bonds is 6. The van der Waals surface area contributed by atoms with Gasteiger partial charge in [0.25, 0.3) is 10.0 Å². The molecule has 1 aliphatic heterocycles. The zero-order chi connectivity index (χ0) is 22.4. The standard InChI is InChI=1S/C21H23FN2O5S2/c1-21(8-9-21)20(26)24-10-7-15-16(12-24)30-19(17(15)18(25)29-2)31(27,28)23-11-13-3-5-14(22)6-4-13/h3-6,23H,7-12H2,1-2H3. The fraction of sp³-hybridized carbons (Fsp3) is 0.429. The number of sulfonamides is 1. The van der Waals surface area contributed by atoms with E-state index in [1.54, 1.807) is 4.90 Å². The summed E-state index contributed by atoms with van der Waals surface area (Å²) in [5.74, 6) is -1.05. The zero-order valence-electron chi connectivity index (χ0n) is 17.2. The minimum atomic E-state index is -4.03. The van der Waals surface area contributed by atoms with E-state index in [9.17, 15) is 22.4 Å². The number of fused-ring (bicyclic) bond motifs is 1. The van der Waals surface area contributed by atoms with Gasteiger partial charge in [0.05, 0.1) is 19.2 Å². The van der Waals surface area contributed by atoms with Crippen molar-refractivity contribution in [2.24, 2.45) is 5.41 Å². The van der Waals surface area contributed by atoms with Crippen LogP contribution >= 0.6 is 11.3 Å². The van der Waals surface area contributed by atoms with Gasteiger partial charge in [0.2, 0.25) is 5.91 Å². The SMILES string of the molecule is COC(=O)c1c(S(=O)(=O)NCc2ccc(F)cc2)sc2c1CCN(C(=O)C1(C)CC1)C2. The molecule has 1 aliphatic carbocycles. The van der Waals surface area contributed by atoms with Crippen LogP contribution in [0.25, 0.3) is 0 Å². The molecule has 1 aromatic heterocycles. The number of methoxy groups -OCH3 is 1. The zero-order valence-corrected chi connectivity index (χ0v) is 18.9. The lowest BCUT2D eigenvalue weighted by Gasteiger charge is -2.29.